The molecule has 2 nitrogen and oxygen atoms in total. The molecule has 0 aliphatic carbocycles. The average Bonchev–Trinajstić information content (AvgIpc) is 2.79. The van der Waals surface area contributed by atoms with Crippen LogP contribution in [-0.2, 0) is 17.9 Å². The van der Waals surface area contributed by atoms with Crippen molar-refractivity contribution >= 4 is 21.4 Å². The minimum absolute atomic E-state index is 0.497. The van der Waals surface area contributed by atoms with Crippen LogP contribution in [0.2, 0.25) is 0 Å². The van der Waals surface area contributed by atoms with E-state index < -0.39 is 0 Å². The normalized spacial score (nSPS) is 12.0. The molecule has 1 aromatic carbocycles. The summed E-state index contributed by atoms with van der Waals surface area (Å²) in [5.41, 5.74) is 1.34. The molecule has 0 spiro atoms. The third kappa shape index (κ3) is 3.92. The summed E-state index contributed by atoms with van der Waals surface area (Å²) in [6.07, 6.45) is 4.06. The number of hydrogen-bond acceptors (Lipinski definition) is 3. The van der Waals surface area contributed by atoms with Gasteiger partial charge in [-0.25, -0.2) is 0 Å². The Bertz CT molecular complexity index is 571. The molecule has 0 atom stereocenters. The summed E-state index contributed by atoms with van der Waals surface area (Å²) in [6.45, 7) is 8.65. The third-order valence-electron chi connectivity index (χ3n) is 3.15. The van der Waals surface area contributed by atoms with Gasteiger partial charge in [0.1, 0.15) is 0 Å². The van der Waals surface area contributed by atoms with E-state index in [1.54, 1.807) is 0 Å². The predicted octanol–water partition coefficient (Wildman–Crippen LogP) is 4.49. The number of fused-ring (bicyclic) bond motifs is 1. The van der Waals surface area contributed by atoms with Crippen molar-refractivity contribution in [2.45, 2.75) is 40.0 Å². The second-order valence-electron chi connectivity index (χ2n) is 5.12. The summed E-state index contributed by atoms with van der Waals surface area (Å²) < 4.78 is 7.11. The van der Waals surface area contributed by atoms with Gasteiger partial charge in [0.05, 0.1) is 13.2 Å². The Hall–Kier alpha value is -1.16. The summed E-state index contributed by atoms with van der Waals surface area (Å²) in [6, 6.07) is 9.08. The molecule has 1 heterocycles. The van der Waals surface area contributed by atoms with Crippen LogP contribution < -0.4 is 5.32 Å². The van der Waals surface area contributed by atoms with Gasteiger partial charge in [0.2, 0.25) is 0 Å². The van der Waals surface area contributed by atoms with Crippen LogP contribution in [0.1, 0.15) is 31.2 Å². The lowest BCUT2D eigenvalue weighted by atomic mass is 10.1. The van der Waals surface area contributed by atoms with Crippen LogP contribution in [0.3, 0.4) is 0 Å². The maximum absolute atomic E-state index is 5.77. The van der Waals surface area contributed by atoms with Crippen LogP contribution in [0.15, 0.2) is 36.4 Å². The van der Waals surface area contributed by atoms with E-state index in [0.717, 1.165) is 6.54 Å². The zero-order valence-corrected chi connectivity index (χ0v) is 13.3. The van der Waals surface area contributed by atoms with Crippen molar-refractivity contribution in [2.75, 3.05) is 6.61 Å². The van der Waals surface area contributed by atoms with Crippen LogP contribution in [-0.4, -0.2) is 12.6 Å². The molecule has 0 saturated heterocycles. The fourth-order valence-electron chi connectivity index (χ4n) is 2.07. The minimum Gasteiger partial charge on any atom is -0.373 e. The van der Waals surface area contributed by atoms with Crippen LogP contribution in [0.4, 0.5) is 0 Å². The van der Waals surface area contributed by atoms with Crippen molar-refractivity contribution < 1.29 is 4.74 Å². The summed E-state index contributed by atoms with van der Waals surface area (Å²) in [7, 11) is 0. The standard InChI is InChI=1S/C17H23NOS/c1-4-5-10-19-12-15-14-8-6-7-9-16(14)20-17(15)11-18-13(2)3/h4-9,13,18H,10-12H2,1-3H3. The highest BCUT2D eigenvalue weighted by atomic mass is 32.1. The van der Waals surface area contributed by atoms with Gasteiger partial charge in [-0.2, -0.15) is 0 Å². The largest absolute Gasteiger partial charge is 0.373 e. The van der Waals surface area contributed by atoms with Gasteiger partial charge in [-0.3, -0.25) is 0 Å². The number of nitrogens with one attached hydrogen (secondary N) is 1. The highest BCUT2D eigenvalue weighted by Gasteiger charge is 2.11. The van der Waals surface area contributed by atoms with E-state index in [4.69, 9.17) is 4.74 Å². The summed E-state index contributed by atoms with van der Waals surface area (Å²) in [5.74, 6) is 0. The minimum atomic E-state index is 0.497. The lowest BCUT2D eigenvalue weighted by Gasteiger charge is -2.09. The molecule has 0 bridgehead atoms. The second kappa shape index (κ2) is 7.58. The molecule has 3 heteroatoms. The van der Waals surface area contributed by atoms with Gasteiger partial charge in [0.15, 0.2) is 0 Å². The topological polar surface area (TPSA) is 21.3 Å². The molecule has 0 aliphatic rings. The van der Waals surface area contributed by atoms with Crippen molar-refractivity contribution in [3.8, 4) is 0 Å². The van der Waals surface area contributed by atoms with E-state index in [2.05, 4.69) is 43.4 Å². The van der Waals surface area contributed by atoms with E-state index in [0.29, 0.717) is 19.3 Å². The Morgan fingerprint density at radius 2 is 2.10 bits per heavy atom. The van der Waals surface area contributed by atoms with Gasteiger partial charge in [-0.1, -0.05) is 44.2 Å². The number of hydrogen-bond donors (Lipinski definition) is 1. The first-order valence-electron chi connectivity index (χ1n) is 7.14. The van der Waals surface area contributed by atoms with E-state index in [1.165, 1.54) is 20.5 Å². The highest BCUT2D eigenvalue weighted by molar-refractivity contribution is 7.19. The summed E-state index contributed by atoms with van der Waals surface area (Å²) >= 11 is 1.87. The van der Waals surface area contributed by atoms with E-state index in [-0.39, 0.29) is 0 Å². The van der Waals surface area contributed by atoms with E-state index >= 15 is 0 Å². The monoisotopic (exact) mass is 289 g/mol. The first-order chi connectivity index (χ1) is 9.72. The first kappa shape index (κ1) is 15.2. The van der Waals surface area contributed by atoms with Crippen LogP contribution in [0, 0.1) is 0 Å². The molecule has 0 radical (unpaired) electrons. The number of allylic oxidation sites excluding steroid dienone is 1. The predicted molar refractivity (Wildman–Crippen MR) is 88.3 cm³/mol. The van der Waals surface area contributed by atoms with E-state index in [9.17, 15) is 0 Å². The number of ether oxygens (including phenoxy) is 1. The van der Waals surface area contributed by atoms with Gasteiger partial charge in [-0.05, 0) is 18.4 Å². The molecule has 2 aromatic rings. The van der Waals surface area contributed by atoms with Crippen molar-refractivity contribution in [2.24, 2.45) is 0 Å². The van der Waals surface area contributed by atoms with Crippen molar-refractivity contribution in [3.05, 3.63) is 46.9 Å². The lowest BCUT2D eigenvalue weighted by Crippen LogP contribution is -2.21. The molecule has 0 amide bonds. The Labute approximate surface area is 125 Å². The van der Waals surface area contributed by atoms with Crippen LogP contribution in [0.5, 0.6) is 0 Å². The Morgan fingerprint density at radius 3 is 2.85 bits per heavy atom. The Balaban J connectivity index is 2.20. The fourth-order valence-corrected chi connectivity index (χ4v) is 3.23. The summed E-state index contributed by atoms with van der Waals surface area (Å²) in [4.78, 5) is 1.39. The van der Waals surface area contributed by atoms with Gasteiger partial charge in [0.25, 0.3) is 0 Å². The number of benzene rings is 1. The lowest BCUT2D eigenvalue weighted by molar-refractivity contribution is 0.149. The maximum atomic E-state index is 5.77. The number of thiophene rings is 1. The quantitative estimate of drug-likeness (QED) is 0.599. The Kier molecular flexibility index (Phi) is 5.77. The molecule has 0 aliphatic heterocycles. The SMILES string of the molecule is CC=CCOCc1c(CNC(C)C)sc2ccccc12. The molecule has 0 fully saturated rings. The molecular weight excluding hydrogens is 266 g/mol. The van der Waals surface area contributed by atoms with Crippen molar-refractivity contribution in [1.29, 1.82) is 0 Å². The van der Waals surface area contributed by atoms with Gasteiger partial charge < -0.3 is 10.1 Å². The molecule has 1 aromatic heterocycles. The fraction of sp³-hybridized carbons (Fsp3) is 0.412. The van der Waals surface area contributed by atoms with Gasteiger partial charge >= 0.3 is 0 Å². The zero-order valence-electron chi connectivity index (χ0n) is 12.5. The van der Waals surface area contributed by atoms with Crippen molar-refractivity contribution in [3.63, 3.8) is 0 Å². The van der Waals surface area contributed by atoms with Crippen molar-refractivity contribution in [1.82, 2.24) is 5.32 Å². The molecule has 0 unspecified atom stereocenters. The summed E-state index contributed by atoms with van der Waals surface area (Å²) in [5, 5.41) is 4.84. The van der Waals surface area contributed by atoms with Gasteiger partial charge in [0, 0.05) is 27.7 Å². The molecule has 108 valence electrons. The van der Waals surface area contributed by atoms with Gasteiger partial charge in [-0.15, -0.1) is 11.3 Å². The molecule has 1 N–H and O–H groups in total. The smallest absolute Gasteiger partial charge is 0.0738 e. The van der Waals surface area contributed by atoms with E-state index in [1.807, 2.05) is 30.4 Å². The highest BCUT2D eigenvalue weighted by Crippen LogP contribution is 2.31. The molecule has 20 heavy (non-hydrogen) atoms. The molecular formula is C17H23NOS. The average molecular weight is 289 g/mol. The second-order valence-corrected chi connectivity index (χ2v) is 6.26. The Morgan fingerprint density at radius 1 is 1.30 bits per heavy atom. The first-order valence-corrected chi connectivity index (χ1v) is 7.95. The number of rotatable bonds is 7. The van der Waals surface area contributed by atoms with Crippen LogP contribution >= 0.6 is 11.3 Å². The molecule has 0 saturated carbocycles. The van der Waals surface area contributed by atoms with Crippen LogP contribution in [0.25, 0.3) is 10.1 Å². The maximum Gasteiger partial charge on any atom is 0.0738 e. The molecule has 2 rings (SSSR count). The third-order valence-corrected chi connectivity index (χ3v) is 4.36. The zero-order chi connectivity index (χ0) is 14.4.